The van der Waals surface area contributed by atoms with Crippen LogP contribution in [0.3, 0.4) is 0 Å². The molecule has 2 atom stereocenters. The third kappa shape index (κ3) is 3.24. The van der Waals surface area contributed by atoms with Crippen LogP contribution in [0.2, 0.25) is 0 Å². The lowest BCUT2D eigenvalue weighted by molar-refractivity contribution is 0.101. The summed E-state index contributed by atoms with van der Waals surface area (Å²) in [5, 5.41) is 0. The Bertz CT molecular complexity index is 656. The normalized spacial score (nSPS) is 25.0. The number of pyridine rings is 1. The van der Waals surface area contributed by atoms with Gasteiger partial charge in [-0.25, -0.2) is 0 Å². The summed E-state index contributed by atoms with van der Waals surface area (Å²) in [5.74, 6) is 2.61. The molecule has 2 fully saturated rings. The minimum atomic E-state index is 0.424. The SMILES string of the molecule is C[C@@H](c1ccccc1)N1CCC2(C[C@@H]1c1cccnc1)SCCS2. The summed E-state index contributed by atoms with van der Waals surface area (Å²) < 4.78 is 0.424. The molecule has 2 aliphatic rings. The number of thioether (sulfide) groups is 2. The van der Waals surface area contributed by atoms with Crippen LogP contribution in [-0.4, -0.2) is 32.0 Å². The highest BCUT2D eigenvalue weighted by molar-refractivity contribution is 8.21. The Labute approximate surface area is 153 Å². The van der Waals surface area contributed by atoms with Gasteiger partial charge in [-0.3, -0.25) is 9.88 Å². The van der Waals surface area contributed by atoms with Gasteiger partial charge >= 0.3 is 0 Å². The summed E-state index contributed by atoms with van der Waals surface area (Å²) >= 11 is 4.38. The van der Waals surface area contributed by atoms with E-state index in [0.717, 1.165) is 6.54 Å². The second-order valence-corrected chi connectivity index (χ2v) is 9.90. The standard InChI is InChI=1S/C20H24N2S2/c1-16(17-6-3-2-4-7-17)22-11-9-20(23-12-13-24-20)14-19(22)18-8-5-10-21-15-18/h2-8,10,15-16,19H,9,11-14H2,1H3/t16-,19+/m0/s1. The van der Waals surface area contributed by atoms with Gasteiger partial charge in [0.2, 0.25) is 0 Å². The number of hydrogen-bond acceptors (Lipinski definition) is 4. The predicted octanol–water partition coefficient (Wildman–Crippen LogP) is 5.16. The molecular weight excluding hydrogens is 332 g/mol. The lowest BCUT2D eigenvalue weighted by atomic mass is 9.92. The van der Waals surface area contributed by atoms with Crippen LogP contribution in [0.4, 0.5) is 0 Å². The first kappa shape index (κ1) is 16.5. The fourth-order valence-corrected chi connectivity index (χ4v) is 7.26. The summed E-state index contributed by atoms with van der Waals surface area (Å²) in [4.78, 5) is 7.09. The van der Waals surface area contributed by atoms with E-state index in [1.165, 1.54) is 35.5 Å². The van der Waals surface area contributed by atoms with Crippen molar-refractivity contribution in [1.82, 2.24) is 9.88 Å². The monoisotopic (exact) mass is 356 g/mol. The Hall–Kier alpha value is -0.970. The molecule has 2 aromatic rings. The van der Waals surface area contributed by atoms with Crippen LogP contribution in [0.25, 0.3) is 0 Å². The summed E-state index contributed by atoms with van der Waals surface area (Å²) in [6.07, 6.45) is 6.46. The molecule has 0 bridgehead atoms. The molecule has 4 heteroatoms. The molecule has 0 N–H and O–H groups in total. The lowest BCUT2D eigenvalue weighted by Gasteiger charge is -2.47. The number of benzene rings is 1. The van der Waals surface area contributed by atoms with Crippen molar-refractivity contribution in [3.8, 4) is 0 Å². The van der Waals surface area contributed by atoms with Crippen LogP contribution in [0.1, 0.15) is 43.0 Å². The lowest BCUT2D eigenvalue weighted by Crippen LogP contribution is -2.43. The Balaban J connectivity index is 1.64. The van der Waals surface area contributed by atoms with Gasteiger partial charge in [0, 0.05) is 42.5 Å². The van der Waals surface area contributed by atoms with E-state index in [4.69, 9.17) is 0 Å². The molecular formula is C20H24N2S2. The van der Waals surface area contributed by atoms with Gasteiger partial charge in [-0.1, -0.05) is 36.4 Å². The molecule has 2 nitrogen and oxygen atoms in total. The van der Waals surface area contributed by atoms with E-state index >= 15 is 0 Å². The van der Waals surface area contributed by atoms with Gasteiger partial charge in [0.05, 0.1) is 4.08 Å². The topological polar surface area (TPSA) is 16.1 Å². The Morgan fingerprint density at radius 3 is 2.62 bits per heavy atom. The molecule has 2 aliphatic heterocycles. The summed E-state index contributed by atoms with van der Waals surface area (Å²) in [6.45, 7) is 3.52. The third-order valence-corrected chi connectivity index (χ3v) is 8.89. The predicted molar refractivity (Wildman–Crippen MR) is 105 cm³/mol. The first-order valence-corrected chi connectivity index (χ1v) is 10.7. The van der Waals surface area contributed by atoms with Crippen molar-refractivity contribution in [3.63, 3.8) is 0 Å². The Kier molecular flexibility index (Phi) is 4.88. The zero-order valence-electron chi connectivity index (χ0n) is 14.1. The van der Waals surface area contributed by atoms with E-state index in [9.17, 15) is 0 Å². The molecule has 0 amide bonds. The molecule has 2 saturated heterocycles. The highest BCUT2D eigenvalue weighted by atomic mass is 32.2. The maximum absolute atomic E-state index is 4.40. The van der Waals surface area contributed by atoms with Crippen molar-refractivity contribution >= 4 is 23.5 Å². The van der Waals surface area contributed by atoms with Gasteiger partial charge in [0.1, 0.15) is 0 Å². The van der Waals surface area contributed by atoms with Crippen molar-refractivity contribution in [1.29, 1.82) is 0 Å². The largest absolute Gasteiger partial charge is 0.289 e. The molecule has 1 spiro atoms. The molecule has 1 aromatic heterocycles. The second-order valence-electron chi connectivity index (χ2n) is 6.69. The van der Waals surface area contributed by atoms with E-state index in [0.29, 0.717) is 16.2 Å². The van der Waals surface area contributed by atoms with Crippen molar-refractivity contribution in [2.24, 2.45) is 0 Å². The Morgan fingerprint density at radius 1 is 1.12 bits per heavy atom. The van der Waals surface area contributed by atoms with E-state index in [1.807, 2.05) is 6.20 Å². The fourth-order valence-electron chi connectivity index (χ4n) is 4.00. The number of hydrogen-bond donors (Lipinski definition) is 0. The van der Waals surface area contributed by atoms with Crippen LogP contribution in [0.15, 0.2) is 54.9 Å². The van der Waals surface area contributed by atoms with Crippen LogP contribution in [0.5, 0.6) is 0 Å². The maximum atomic E-state index is 4.40. The van der Waals surface area contributed by atoms with Crippen molar-refractivity contribution in [2.75, 3.05) is 18.1 Å². The van der Waals surface area contributed by atoms with Crippen LogP contribution < -0.4 is 0 Å². The summed E-state index contributed by atoms with van der Waals surface area (Å²) in [7, 11) is 0. The Morgan fingerprint density at radius 2 is 1.92 bits per heavy atom. The highest BCUT2D eigenvalue weighted by Gasteiger charge is 2.44. The quantitative estimate of drug-likeness (QED) is 0.755. The number of nitrogens with zero attached hydrogens (tertiary/aromatic N) is 2. The van der Waals surface area contributed by atoms with Crippen LogP contribution in [-0.2, 0) is 0 Å². The number of likely N-dealkylation sites (tertiary alicyclic amines) is 1. The first-order chi connectivity index (χ1) is 11.8. The molecule has 126 valence electrons. The van der Waals surface area contributed by atoms with Crippen molar-refractivity contribution in [3.05, 3.63) is 66.0 Å². The average Bonchev–Trinajstić information content (AvgIpc) is 3.10. The number of aromatic nitrogens is 1. The summed E-state index contributed by atoms with van der Waals surface area (Å²) in [5.41, 5.74) is 2.78. The third-order valence-electron chi connectivity index (χ3n) is 5.32. The molecule has 4 rings (SSSR count). The molecule has 1 aromatic carbocycles. The van der Waals surface area contributed by atoms with Crippen LogP contribution in [0, 0.1) is 0 Å². The van der Waals surface area contributed by atoms with Crippen LogP contribution >= 0.6 is 23.5 Å². The molecule has 3 heterocycles. The van der Waals surface area contributed by atoms with Gasteiger partial charge in [-0.2, -0.15) is 0 Å². The van der Waals surface area contributed by atoms with Gasteiger partial charge in [-0.15, -0.1) is 23.5 Å². The van der Waals surface area contributed by atoms with E-state index in [1.54, 1.807) is 0 Å². The average molecular weight is 357 g/mol. The zero-order chi connectivity index (χ0) is 16.4. The number of piperidine rings is 1. The molecule has 0 radical (unpaired) electrons. The van der Waals surface area contributed by atoms with Crippen molar-refractivity contribution < 1.29 is 0 Å². The minimum Gasteiger partial charge on any atom is -0.289 e. The first-order valence-electron chi connectivity index (χ1n) is 8.76. The molecule has 0 saturated carbocycles. The zero-order valence-corrected chi connectivity index (χ0v) is 15.7. The van der Waals surface area contributed by atoms with Gasteiger partial charge in [0.25, 0.3) is 0 Å². The fraction of sp³-hybridized carbons (Fsp3) is 0.450. The summed E-state index contributed by atoms with van der Waals surface area (Å²) in [6, 6.07) is 16.2. The maximum Gasteiger partial charge on any atom is 0.0642 e. The van der Waals surface area contributed by atoms with Gasteiger partial charge < -0.3 is 0 Å². The molecule has 0 aliphatic carbocycles. The van der Waals surface area contributed by atoms with E-state index < -0.39 is 0 Å². The van der Waals surface area contributed by atoms with Gasteiger partial charge in [0.15, 0.2) is 0 Å². The van der Waals surface area contributed by atoms with Crippen molar-refractivity contribution in [2.45, 2.75) is 35.9 Å². The second kappa shape index (κ2) is 7.11. The van der Waals surface area contributed by atoms with E-state index in [2.05, 4.69) is 89.0 Å². The smallest absolute Gasteiger partial charge is 0.0642 e. The van der Waals surface area contributed by atoms with E-state index in [-0.39, 0.29) is 0 Å². The highest BCUT2D eigenvalue weighted by Crippen LogP contribution is 2.55. The minimum absolute atomic E-state index is 0.424. The van der Waals surface area contributed by atoms with Gasteiger partial charge in [-0.05, 0) is 37.0 Å². The number of rotatable bonds is 3. The molecule has 24 heavy (non-hydrogen) atoms. The molecule has 0 unspecified atom stereocenters.